The first-order valence-corrected chi connectivity index (χ1v) is 30.7. The Bertz CT molecular complexity index is 3730. The van der Waals surface area contributed by atoms with Gasteiger partial charge in [-0.3, -0.25) is 47.8 Å². The molecular formula is C61H73Cl2F2N17O10. The van der Waals surface area contributed by atoms with E-state index < -0.39 is 47.1 Å². The number of rotatable bonds is 24. The molecule has 4 fully saturated rings. The third-order valence-corrected chi connectivity index (χ3v) is 16.3. The summed E-state index contributed by atoms with van der Waals surface area (Å²) in [7, 11) is 3.43. The molecule has 4 heterocycles. The lowest BCUT2D eigenvalue weighted by Crippen LogP contribution is -2.50. The van der Waals surface area contributed by atoms with Crippen LogP contribution in [0.25, 0.3) is 32.2 Å². The van der Waals surface area contributed by atoms with Gasteiger partial charge in [0.25, 0.3) is 11.8 Å². The number of hydrogen-bond donors (Lipinski definition) is 5. The molecule has 6 aromatic rings. The number of fused-ring (bicyclic) bond motifs is 2. The molecule has 0 unspecified atom stereocenters. The molecule has 0 spiro atoms. The minimum absolute atomic E-state index is 0.0195. The molecule has 2 aliphatic carbocycles. The zero-order valence-electron chi connectivity index (χ0n) is 51.0. The lowest BCUT2D eigenvalue weighted by molar-refractivity contribution is -0.137. The summed E-state index contributed by atoms with van der Waals surface area (Å²) in [6.45, 7) is 7.44. The van der Waals surface area contributed by atoms with Crippen molar-refractivity contribution in [2.24, 2.45) is 16.6 Å². The maximum atomic E-state index is 14.2. The number of hydrogen-bond acceptors (Lipinski definition) is 14. The molecule has 4 aromatic carbocycles. The summed E-state index contributed by atoms with van der Waals surface area (Å²) in [6.07, 6.45) is 7.12. The van der Waals surface area contributed by atoms with Crippen LogP contribution in [0.1, 0.15) is 87.4 Å². The van der Waals surface area contributed by atoms with E-state index in [0.29, 0.717) is 41.8 Å². The Kier molecular flexibility index (Phi) is 24.7. The number of carbonyl (C=O) groups excluding carboxylic acids is 8. The van der Waals surface area contributed by atoms with Crippen LogP contribution in [0.15, 0.2) is 77.9 Å². The molecule has 7 N–H and O–H groups in total. The molecule has 0 radical (unpaired) electrons. The van der Waals surface area contributed by atoms with Crippen LogP contribution in [0, 0.1) is 11.6 Å². The Balaban J connectivity index is 0.000000208. The van der Waals surface area contributed by atoms with Gasteiger partial charge in [0.15, 0.2) is 11.4 Å². The third kappa shape index (κ3) is 18.9. The number of piperidine rings is 1. The second-order valence-corrected chi connectivity index (χ2v) is 23.1. The molecule has 2 saturated heterocycles. The SMILES string of the molecule is COCCN1CCCCC1.COCCN1CCN(C(=O)Nc2ccc3c(c2)c(C(N)=O)nn3CC(=O)N(CC(=O)NCc2cccc(Cl)c2F)C2CC2)CC1.[N-]=[N+]=NC(=O)c1ccc2c(c1)c(C(N)=O)nn2CC(=O)N(CC(=O)NCc1cccc(Cl)c1F)C1CC1. The number of nitrogens with zero attached hydrogens (tertiary/aromatic N) is 12. The Morgan fingerprint density at radius 3 is 1.58 bits per heavy atom. The zero-order chi connectivity index (χ0) is 66.0. The highest BCUT2D eigenvalue weighted by molar-refractivity contribution is 6.31. The molecule has 2 aliphatic heterocycles. The number of carbonyl (C=O) groups is 8. The van der Waals surface area contributed by atoms with E-state index in [1.807, 2.05) is 0 Å². The molecule has 27 nitrogen and oxygen atoms in total. The molecule has 9 amide bonds. The van der Waals surface area contributed by atoms with Crippen LogP contribution in [0.4, 0.5) is 19.3 Å². The number of methoxy groups -OCH3 is 2. The first kappa shape index (κ1) is 69.1. The smallest absolute Gasteiger partial charge is 0.321 e. The van der Waals surface area contributed by atoms with E-state index in [-0.39, 0.29) is 107 Å². The molecule has 92 heavy (non-hydrogen) atoms. The number of nitrogens with two attached hydrogens (primary N) is 2. The van der Waals surface area contributed by atoms with Gasteiger partial charge in [-0.05, 0) is 111 Å². The number of piperazine rings is 1. The molecule has 0 atom stereocenters. The van der Waals surface area contributed by atoms with Crippen LogP contribution in [-0.4, -0.2) is 196 Å². The summed E-state index contributed by atoms with van der Waals surface area (Å²) < 4.78 is 41.1. The van der Waals surface area contributed by atoms with E-state index in [1.54, 1.807) is 49.5 Å². The lowest BCUT2D eigenvalue weighted by atomic mass is 10.1. The van der Waals surface area contributed by atoms with Gasteiger partial charge in [-0.1, -0.05) is 53.9 Å². The minimum atomic E-state index is -0.878. The summed E-state index contributed by atoms with van der Waals surface area (Å²) in [5, 5.41) is 20.1. The number of ether oxygens (including phenoxy) is 2. The first-order chi connectivity index (χ1) is 44.3. The predicted molar refractivity (Wildman–Crippen MR) is 337 cm³/mol. The number of amides is 9. The van der Waals surface area contributed by atoms with Crippen molar-refractivity contribution in [3.05, 3.63) is 133 Å². The largest absolute Gasteiger partial charge is 0.383 e. The number of primary amides is 2. The Morgan fingerprint density at radius 2 is 1.12 bits per heavy atom. The predicted octanol–water partition coefficient (Wildman–Crippen LogP) is 5.84. The molecule has 31 heteroatoms. The standard InChI is InChI=1S/C30H36ClFN8O5.C23H20ClFN8O4.C8H17NO/c1-45-14-13-37-9-11-38(12-10-37)30(44)35-20-5-8-24-22(15-20)28(29(33)43)36-40(24)18-26(42)39(21-6-7-21)17-25(41)34-16-19-3-2-4-23(31)27(19)32;24-16-3-1-2-13(20(16)25)9-28-18(34)10-32(14-5-6-14)19(35)11-33-17-7-4-12(23(37)29-31-27)8-15(17)21(30-33)22(26)36;1-10-8-7-9-5-3-2-4-6-9/h2-5,8,15,21H,6-7,9-14,16-18H2,1H3,(H2,33,43)(H,34,41)(H,35,44);1-4,7-8,14H,5-6,9-11H2,(H2,26,36)(H,28,34);2-8H2,1H3. The van der Waals surface area contributed by atoms with E-state index >= 15 is 0 Å². The molecule has 2 aromatic heterocycles. The average molecular weight is 1310 g/mol. The van der Waals surface area contributed by atoms with E-state index in [1.165, 1.54) is 94.0 Å². The number of anilines is 1. The second-order valence-electron chi connectivity index (χ2n) is 22.3. The summed E-state index contributed by atoms with van der Waals surface area (Å²) in [4.78, 5) is 113. The van der Waals surface area contributed by atoms with Crippen LogP contribution in [-0.2, 0) is 54.8 Å². The topological polar surface area (TPSA) is 344 Å². The molecule has 10 rings (SSSR count). The van der Waals surface area contributed by atoms with Crippen molar-refractivity contribution in [1.29, 1.82) is 0 Å². The van der Waals surface area contributed by atoms with Crippen LogP contribution in [0.2, 0.25) is 10.0 Å². The highest BCUT2D eigenvalue weighted by atomic mass is 35.5. The molecular weight excluding hydrogens is 1240 g/mol. The molecule has 2 saturated carbocycles. The molecule has 4 aliphatic rings. The number of aromatic nitrogens is 4. The summed E-state index contributed by atoms with van der Waals surface area (Å²) in [5.41, 5.74) is 21.1. The van der Waals surface area contributed by atoms with Crippen LogP contribution in [0.3, 0.4) is 0 Å². The van der Waals surface area contributed by atoms with Crippen LogP contribution < -0.4 is 27.4 Å². The van der Waals surface area contributed by atoms with Gasteiger partial charge in [0.05, 0.1) is 47.4 Å². The summed E-state index contributed by atoms with van der Waals surface area (Å²) >= 11 is 11.6. The van der Waals surface area contributed by atoms with Gasteiger partial charge < -0.3 is 56.5 Å². The van der Waals surface area contributed by atoms with Gasteiger partial charge in [-0.15, -0.1) is 0 Å². The Hall–Kier alpha value is -8.83. The van der Waals surface area contributed by atoms with Gasteiger partial charge in [-0.25, -0.2) is 13.6 Å². The van der Waals surface area contributed by atoms with E-state index in [9.17, 15) is 47.1 Å². The maximum absolute atomic E-state index is 14.2. The van der Waals surface area contributed by atoms with Crippen molar-refractivity contribution in [3.8, 4) is 0 Å². The highest BCUT2D eigenvalue weighted by Gasteiger charge is 2.36. The van der Waals surface area contributed by atoms with Gasteiger partial charge in [0, 0.05) is 117 Å². The van der Waals surface area contributed by atoms with Crippen molar-refractivity contribution in [3.63, 3.8) is 0 Å². The Labute approximate surface area is 538 Å². The Morgan fingerprint density at radius 1 is 0.652 bits per heavy atom. The molecule has 0 bridgehead atoms. The monoisotopic (exact) mass is 1310 g/mol. The van der Waals surface area contributed by atoms with Gasteiger partial charge in [0.2, 0.25) is 29.5 Å². The van der Waals surface area contributed by atoms with Gasteiger partial charge >= 0.3 is 6.03 Å². The maximum Gasteiger partial charge on any atom is 0.321 e. The van der Waals surface area contributed by atoms with Gasteiger partial charge in [-0.2, -0.15) is 10.2 Å². The number of azide groups is 1. The number of benzene rings is 4. The normalized spacial score (nSPS) is 14.8. The lowest BCUT2D eigenvalue weighted by Gasteiger charge is -2.34. The van der Waals surface area contributed by atoms with E-state index in [4.69, 9.17) is 49.7 Å². The van der Waals surface area contributed by atoms with Crippen LogP contribution >= 0.6 is 23.2 Å². The quantitative estimate of drug-likeness (QED) is 0.0270. The van der Waals surface area contributed by atoms with Crippen molar-refractivity contribution in [2.45, 2.75) is 83.2 Å². The van der Waals surface area contributed by atoms with Crippen molar-refractivity contribution < 1.29 is 56.6 Å². The first-order valence-electron chi connectivity index (χ1n) is 29.9. The number of halogens is 4. The molecule has 490 valence electrons. The minimum Gasteiger partial charge on any atom is -0.383 e. The van der Waals surface area contributed by atoms with E-state index in [0.717, 1.165) is 58.5 Å². The van der Waals surface area contributed by atoms with Gasteiger partial charge in [0.1, 0.15) is 24.7 Å². The number of likely N-dealkylation sites (tertiary alicyclic amines) is 1. The van der Waals surface area contributed by atoms with Crippen molar-refractivity contribution in [2.75, 3.05) is 98.2 Å². The fourth-order valence-electron chi connectivity index (χ4n) is 10.5. The number of nitrogens with one attached hydrogen (secondary N) is 3. The number of urea groups is 1. The van der Waals surface area contributed by atoms with Crippen LogP contribution in [0.5, 0.6) is 0 Å². The average Bonchev–Trinajstić information content (AvgIpc) is 1.64. The fourth-order valence-corrected chi connectivity index (χ4v) is 10.9. The third-order valence-electron chi connectivity index (χ3n) is 15.8. The second kappa shape index (κ2) is 33.0. The van der Waals surface area contributed by atoms with Crippen molar-refractivity contribution in [1.82, 2.24) is 54.7 Å². The zero-order valence-corrected chi connectivity index (χ0v) is 52.5. The summed E-state index contributed by atoms with van der Waals surface area (Å²) in [6, 6.07) is 17.6. The fraction of sp³-hybridized carbons (Fsp3) is 0.443. The van der Waals surface area contributed by atoms with E-state index in [2.05, 4.69) is 46.0 Å². The summed E-state index contributed by atoms with van der Waals surface area (Å²) in [5.74, 6) is -5.48. The van der Waals surface area contributed by atoms with Crippen molar-refractivity contribution >= 4 is 98.1 Å². The highest BCUT2D eigenvalue weighted by Crippen LogP contribution is 2.30.